The Labute approximate surface area is 124 Å². The third kappa shape index (κ3) is 3.84. The number of aromatic nitrogens is 4. The van der Waals surface area contributed by atoms with Crippen molar-refractivity contribution in [2.45, 2.75) is 33.4 Å². The Bertz CT molecular complexity index is 570. The third-order valence-corrected chi connectivity index (χ3v) is 2.97. The first-order chi connectivity index (χ1) is 10.3. The standard InChI is InChI=1S/C14H21N5O2/c1-4-8-21-12-7-6-11(9-13(12)20-3)10-15-14-16-17-18-19(14)5-2/h6-7,9H,4-5,8,10H2,1-3H3,(H,15,16,18). The van der Waals surface area contributed by atoms with Crippen molar-refractivity contribution in [3.05, 3.63) is 23.8 Å². The molecule has 0 bridgehead atoms. The molecule has 0 fully saturated rings. The molecule has 1 N–H and O–H groups in total. The van der Waals surface area contributed by atoms with Gasteiger partial charge in [0.15, 0.2) is 11.5 Å². The highest BCUT2D eigenvalue weighted by Crippen LogP contribution is 2.28. The lowest BCUT2D eigenvalue weighted by molar-refractivity contribution is 0.294. The zero-order valence-electron chi connectivity index (χ0n) is 12.7. The summed E-state index contributed by atoms with van der Waals surface area (Å²) in [6, 6.07) is 5.88. The van der Waals surface area contributed by atoms with E-state index in [1.807, 2.05) is 25.1 Å². The minimum absolute atomic E-state index is 0.616. The van der Waals surface area contributed by atoms with E-state index in [9.17, 15) is 0 Å². The molecule has 7 heteroatoms. The van der Waals surface area contributed by atoms with E-state index in [2.05, 4.69) is 27.8 Å². The second-order valence-corrected chi connectivity index (χ2v) is 4.51. The fourth-order valence-corrected chi connectivity index (χ4v) is 1.88. The fourth-order valence-electron chi connectivity index (χ4n) is 1.88. The Balaban J connectivity index is 2.03. The van der Waals surface area contributed by atoms with Crippen molar-refractivity contribution in [3.63, 3.8) is 0 Å². The predicted octanol–water partition coefficient (Wildman–Crippen LogP) is 2.10. The van der Waals surface area contributed by atoms with Crippen LogP contribution in [-0.4, -0.2) is 33.9 Å². The molecule has 0 amide bonds. The second-order valence-electron chi connectivity index (χ2n) is 4.51. The lowest BCUT2D eigenvalue weighted by atomic mass is 10.2. The minimum Gasteiger partial charge on any atom is -0.493 e. The highest BCUT2D eigenvalue weighted by molar-refractivity contribution is 5.43. The normalized spacial score (nSPS) is 10.4. The predicted molar refractivity (Wildman–Crippen MR) is 79.6 cm³/mol. The van der Waals surface area contributed by atoms with Crippen LogP contribution in [0.1, 0.15) is 25.8 Å². The molecule has 2 rings (SSSR count). The quantitative estimate of drug-likeness (QED) is 0.803. The van der Waals surface area contributed by atoms with Crippen LogP contribution in [0, 0.1) is 0 Å². The van der Waals surface area contributed by atoms with Gasteiger partial charge in [-0.2, -0.15) is 0 Å². The average molecular weight is 291 g/mol. The van der Waals surface area contributed by atoms with Crippen molar-refractivity contribution in [3.8, 4) is 11.5 Å². The van der Waals surface area contributed by atoms with Crippen LogP contribution in [0.4, 0.5) is 5.95 Å². The van der Waals surface area contributed by atoms with Gasteiger partial charge in [-0.15, -0.1) is 0 Å². The lowest BCUT2D eigenvalue weighted by Gasteiger charge is -2.12. The largest absolute Gasteiger partial charge is 0.493 e. The number of aryl methyl sites for hydroxylation is 1. The summed E-state index contributed by atoms with van der Waals surface area (Å²) in [5.74, 6) is 2.15. The van der Waals surface area contributed by atoms with E-state index in [-0.39, 0.29) is 0 Å². The average Bonchev–Trinajstić information content (AvgIpc) is 2.98. The zero-order chi connectivity index (χ0) is 15.1. The van der Waals surface area contributed by atoms with Crippen LogP contribution >= 0.6 is 0 Å². The summed E-state index contributed by atoms with van der Waals surface area (Å²) in [7, 11) is 1.64. The van der Waals surface area contributed by atoms with Gasteiger partial charge in [0.05, 0.1) is 13.7 Å². The van der Waals surface area contributed by atoms with E-state index in [0.29, 0.717) is 19.1 Å². The first-order valence-electron chi connectivity index (χ1n) is 7.08. The Morgan fingerprint density at radius 1 is 1.24 bits per heavy atom. The topological polar surface area (TPSA) is 74.1 Å². The monoisotopic (exact) mass is 291 g/mol. The Kier molecular flexibility index (Phi) is 5.36. The van der Waals surface area contributed by atoms with Gasteiger partial charge in [-0.3, -0.25) is 0 Å². The molecule has 21 heavy (non-hydrogen) atoms. The number of methoxy groups -OCH3 is 1. The van der Waals surface area contributed by atoms with Crippen molar-refractivity contribution in [1.82, 2.24) is 20.2 Å². The molecule has 0 radical (unpaired) electrons. The molecular formula is C14H21N5O2. The number of tetrazole rings is 1. The van der Waals surface area contributed by atoms with Gasteiger partial charge in [0.2, 0.25) is 5.95 Å². The van der Waals surface area contributed by atoms with Crippen LogP contribution in [0.2, 0.25) is 0 Å². The van der Waals surface area contributed by atoms with Crippen LogP contribution in [0.15, 0.2) is 18.2 Å². The number of ether oxygens (including phenoxy) is 2. The van der Waals surface area contributed by atoms with Crippen molar-refractivity contribution in [1.29, 1.82) is 0 Å². The summed E-state index contributed by atoms with van der Waals surface area (Å²) in [4.78, 5) is 0. The van der Waals surface area contributed by atoms with Crippen LogP contribution in [0.25, 0.3) is 0 Å². The van der Waals surface area contributed by atoms with E-state index in [1.165, 1.54) is 0 Å². The summed E-state index contributed by atoms with van der Waals surface area (Å²) in [5, 5.41) is 14.7. The van der Waals surface area contributed by atoms with Crippen LogP contribution in [0.3, 0.4) is 0 Å². The highest BCUT2D eigenvalue weighted by atomic mass is 16.5. The van der Waals surface area contributed by atoms with Gasteiger partial charge in [0.1, 0.15) is 0 Å². The van der Waals surface area contributed by atoms with E-state index < -0.39 is 0 Å². The van der Waals surface area contributed by atoms with Crippen LogP contribution in [-0.2, 0) is 13.1 Å². The van der Waals surface area contributed by atoms with Crippen molar-refractivity contribution in [2.24, 2.45) is 0 Å². The molecule has 0 saturated heterocycles. The smallest absolute Gasteiger partial charge is 0.243 e. The number of nitrogens with zero attached hydrogens (tertiary/aromatic N) is 4. The molecule has 0 saturated carbocycles. The summed E-state index contributed by atoms with van der Waals surface area (Å²) in [5.41, 5.74) is 1.07. The maximum Gasteiger partial charge on any atom is 0.243 e. The molecule has 1 aromatic carbocycles. The zero-order valence-corrected chi connectivity index (χ0v) is 12.7. The molecule has 7 nitrogen and oxygen atoms in total. The van der Waals surface area contributed by atoms with Crippen molar-refractivity contribution < 1.29 is 9.47 Å². The summed E-state index contributed by atoms with van der Waals surface area (Å²) in [6.07, 6.45) is 0.964. The molecule has 1 heterocycles. The Morgan fingerprint density at radius 2 is 2.10 bits per heavy atom. The Morgan fingerprint density at radius 3 is 2.81 bits per heavy atom. The van der Waals surface area contributed by atoms with E-state index in [4.69, 9.17) is 9.47 Å². The van der Waals surface area contributed by atoms with Gasteiger partial charge < -0.3 is 14.8 Å². The maximum absolute atomic E-state index is 5.64. The van der Waals surface area contributed by atoms with E-state index in [1.54, 1.807) is 11.8 Å². The van der Waals surface area contributed by atoms with Gasteiger partial charge in [-0.25, -0.2) is 4.68 Å². The summed E-state index contributed by atoms with van der Waals surface area (Å²) < 4.78 is 12.7. The fraction of sp³-hybridized carbons (Fsp3) is 0.500. The molecule has 0 unspecified atom stereocenters. The van der Waals surface area contributed by atoms with Crippen LogP contribution < -0.4 is 14.8 Å². The second kappa shape index (κ2) is 7.47. The molecule has 0 spiro atoms. The molecule has 0 atom stereocenters. The van der Waals surface area contributed by atoms with Gasteiger partial charge in [0.25, 0.3) is 0 Å². The molecule has 114 valence electrons. The van der Waals surface area contributed by atoms with Gasteiger partial charge in [-0.1, -0.05) is 18.1 Å². The number of anilines is 1. The molecular weight excluding hydrogens is 270 g/mol. The minimum atomic E-state index is 0.616. The van der Waals surface area contributed by atoms with Crippen molar-refractivity contribution in [2.75, 3.05) is 19.0 Å². The van der Waals surface area contributed by atoms with E-state index >= 15 is 0 Å². The molecule has 2 aromatic rings. The number of benzene rings is 1. The third-order valence-electron chi connectivity index (χ3n) is 2.97. The Hall–Kier alpha value is -2.31. The van der Waals surface area contributed by atoms with Crippen LogP contribution in [0.5, 0.6) is 11.5 Å². The summed E-state index contributed by atoms with van der Waals surface area (Å²) >= 11 is 0. The molecule has 0 aliphatic rings. The number of rotatable bonds is 8. The SMILES string of the molecule is CCCOc1ccc(CNc2nnnn2CC)cc1OC. The first kappa shape index (κ1) is 15.1. The van der Waals surface area contributed by atoms with Gasteiger partial charge >= 0.3 is 0 Å². The van der Waals surface area contributed by atoms with Gasteiger partial charge in [-0.05, 0) is 41.5 Å². The lowest BCUT2D eigenvalue weighted by Crippen LogP contribution is -2.08. The number of nitrogens with one attached hydrogen (secondary N) is 1. The first-order valence-corrected chi connectivity index (χ1v) is 7.08. The molecule has 1 aromatic heterocycles. The van der Waals surface area contributed by atoms with Crippen molar-refractivity contribution >= 4 is 5.95 Å². The highest BCUT2D eigenvalue weighted by Gasteiger charge is 2.07. The maximum atomic E-state index is 5.64. The van der Waals surface area contributed by atoms with E-state index in [0.717, 1.165) is 30.0 Å². The molecule has 0 aliphatic heterocycles. The number of hydrogen-bond acceptors (Lipinski definition) is 6. The number of hydrogen-bond donors (Lipinski definition) is 1. The molecule has 0 aliphatic carbocycles. The summed E-state index contributed by atoms with van der Waals surface area (Å²) in [6.45, 7) is 6.08. The van der Waals surface area contributed by atoms with Gasteiger partial charge in [0, 0.05) is 13.1 Å².